The molecular weight excluding hydrogens is 314 g/mol. The molecule has 1 N–H and O–H groups in total. The predicted octanol–water partition coefficient (Wildman–Crippen LogP) is 4.81. The molecule has 0 radical (unpaired) electrons. The largest absolute Gasteiger partial charge is 0.377 e. The predicted molar refractivity (Wildman–Crippen MR) is 106 cm³/mol. The highest BCUT2D eigenvalue weighted by molar-refractivity contribution is 5.81. The van der Waals surface area contributed by atoms with Gasteiger partial charge in [-0.25, -0.2) is 0 Å². The molecule has 0 aromatic heterocycles. The zero-order valence-electron chi connectivity index (χ0n) is 18.2. The summed E-state index contributed by atoms with van der Waals surface area (Å²) >= 11 is 0. The SMILES string of the molecule is CCC(C)CC(C)OCC(C)(C)C(=O)NCCC(C)(C)OCC(C)C. The van der Waals surface area contributed by atoms with Gasteiger partial charge in [-0.15, -0.1) is 0 Å². The van der Waals surface area contributed by atoms with Crippen LogP contribution < -0.4 is 5.32 Å². The van der Waals surface area contributed by atoms with E-state index < -0.39 is 5.41 Å². The van der Waals surface area contributed by atoms with Gasteiger partial charge in [0, 0.05) is 13.2 Å². The van der Waals surface area contributed by atoms with Crippen LogP contribution in [0.5, 0.6) is 0 Å². The van der Waals surface area contributed by atoms with E-state index in [0.717, 1.165) is 25.9 Å². The van der Waals surface area contributed by atoms with Crippen molar-refractivity contribution in [2.75, 3.05) is 19.8 Å². The van der Waals surface area contributed by atoms with Crippen molar-refractivity contribution in [1.82, 2.24) is 5.32 Å². The number of carbonyl (C=O) groups is 1. The first-order valence-corrected chi connectivity index (χ1v) is 9.93. The van der Waals surface area contributed by atoms with E-state index in [0.29, 0.717) is 25.0 Å². The molecule has 0 fully saturated rings. The second-order valence-corrected chi connectivity index (χ2v) is 9.23. The lowest BCUT2D eigenvalue weighted by Crippen LogP contribution is -2.42. The third kappa shape index (κ3) is 11.6. The van der Waals surface area contributed by atoms with Crippen LogP contribution in [0, 0.1) is 17.3 Å². The van der Waals surface area contributed by atoms with Gasteiger partial charge in [0.1, 0.15) is 0 Å². The second kappa shape index (κ2) is 11.2. The molecule has 2 atom stereocenters. The van der Waals surface area contributed by atoms with Gasteiger partial charge in [-0.2, -0.15) is 0 Å². The van der Waals surface area contributed by atoms with E-state index in [-0.39, 0.29) is 17.6 Å². The molecular formula is C21H43NO3. The summed E-state index contributed by atoms with van der Waals surface area (Å²) in [7, 11) is 0. The summed E-state index contributed by atoms with van der Waals surface area (Å²) in [5.74, 6) is 1.21. The Morgan fingerprint density at radius 2 is 1.68 bits per heavy atom. The van der Waals surface area contributed by atoms with Crippen LogP contribution in [0.4, 0.5) is 0 Å². The first kappa shape index (κ1) is 24.4. The molecule has 0 aliphatic rings. The van der Waals surface area contributed by atoms with Gasteiger partial charge in [-0.05, 0) is 59.3 Å². The Labute approximate surface area is 156 Å². The summed E-state index contributed by atoms with van der Waals surface area (Å²) < 4.78 is 11.8. The van der Waals surface area contributed by atoms with Crippen molar-refractivity contribution in [2.45, 2.75) is 93.3 Å². The van der Waals surface area contributed by atoms with Crippen molar-refractivity contribution in [2.24, 2.45) is 17.3 Å². The molecule has 0 aliphatic carbocycles. The molecule has 0 saturated carbocycles. The monoisotopic (exact) mass is 357 g/mol. The van der Waals surface area contributed by atoms with Crippen LogP contribution in [0.3, 0.4) is 0 Å². The number of carbonyl (C=O) groups excluding carboxylic acids is 1. The summed E-state index contributed by atoms with van der Waals surface area (Å²) in [5.41, 5.74) is -0.740. The van der Waals surface area contributed by atoms with Gasteiger partial charge in [0.2, 0.25) is 5.91 Å². The Bertz CT molecular complexity index is 377. The Morgan fingerprint density at radius 1 is 1.08 bits per heavy atom. The Hall–Kier alpha value is -0.610. The fourth-order valence-electron chi connectivity index (χ4n) is 2.40. The minimum Gasteiger partial charge on any atom is -0.377 e. The lowest BCUT2D eigenvalue weighted by Gasteiger charge is -2.29. The van der Waals surface area contributed by atoms with E-state index >= 15 is 0 Å². The van der Waals surface area contributed by atoms with Crippen LogP contribution in [-0.2, 0) is 14.3 Å². The second-order valence-electron chi connectivity index (χ2n) is 9.23. The summed E-state index contributed by atoms with van der Waals surface area (Å²) in [6, 6.07) is 0. The first-order valence-electron chi connectivity index (χ1n) is 9.93. The molecule has 0 rings (SSSR count). The third-order valence-corrected chi connectivity index (χ3v) is 4.59. The van der Waals surface area contributed by atoms with E-state index in [9.17, 15) is 4.79 Å². The van der Waals surface area contributed by atoms with Crippen LogP contribution in [0.1, 0.15) is 81.6 Å². The molecule has 4 nitrogen and oxygen atoms in total. The zero-order chi connectivity index (χ0) is 19.7. The molecule has 2 unspecified atom stereocenters. The van der Waals surface area contributed by atoms with E-state index in [1.165, 1.54) is 0 Å². The maximum absolute atomic E-state index is 12.5. The number of amides is 1. The van der Waals surface area contributed by atoms with Gasteiger partial charge in [0.05, 0.1) is 23.7 Å². The minimum absolute atomic E-state index is 0.0444. The van der Waals surface area contributed by atoms with Crippen LogP contribution in [0.15, 0.2) is 0 Å². The van der Waals surface area contributed by atoms with Crippen molar-refractivity contribution in [1.29, 1.82) is 0 Å². The standard InChI is InChI=1S/C21H43NO3/c1-10-17(4)13-18(5)24-15-20(6,7)19(23)22-12-11-21(8,9)25-14-16(2)3/h16-18H,10-15H2,1-9H3,(H,22,23). The number of rotatable bonds is 13. The van der Waals surface area contributed by atoms with Crippen molar-refractivity contribution < 1.29 is 14.3 Å². The zero-order valence-corrected chi connectivity index (χ0v) is 18.2. The smallest absolute Gasteiger partial charge is 0.227 e. The minimum atomic E-state index is -0.521. The lowest BCUT2D eigenvalue weighted by atomic mass is 9.93. The maximum atomic E-state index is 12.5. The average molecular weight is 358 g/mol. The van der Waals surface area contributed by atoms with Gasteiger partial charge in [-0.1, -0.05) is 34.1 Å². The normalized spacial score (nSPS) is 15.3. The van der Waals surface area contributed by atoms with E-state index in [1.54, 1.807) is 0 Å². The number of ether oxygens (including phenoxy) is 2. The quantitative estimate of drug-likeness (QED) is 0.514. The van der Waals surface area contributed by atoms with Gasteiger partial charge < -0.3 is 14.8 Å². The van der Waals surface area contributed by atoms with Crippen molar-refractivity contribution >= 4 is 5.91 Å². The Kier molecular flexibility index (Phi) is 10.9. The molecule has 0 aliphatic heterocycles. The van der Waals surface area contributed by atoms with E-state index in [2.05, 4.69) is 53.8 Å². The summed E-state index contributed by atoms with van der Waals surface area (Å²) in [6.45, 7) is 20.7. The van der Waals surface area contributed by atoms with Gasteiger partial charge in [-0.3, -0.25) is 4.79 Å². The van der Waals surface area contributed by atoms with Crippen LogP contribution in [-0.4, -0.2) is 37.4 Å². The molecule has 0 saturated heterocycles. The third-order valence-electron chi connectivity index (χ3n) is 4.59. The van der Waals surface area contributed by atoms with Crippen molar-refractivity contribution in [3.05, 3.63) is 0 Å². The topological polar surface area (TPSA) is 47.6 Å². The number of hydrogen-bond donors (Lipinski definition) is 1. The maximum Gasteiger partial charge on any atom is 0.227 e. The average Bonchev–Trinajstić information content (AvgIpc) is 2.50. The van der Waals surface area contributed by atoms with Crippen molar-refractivity contribution in [3.63, 3.8) is 0 Å². The molecule has 150 valence electrons. The molecule has 1 amide bonds. The fraction of sp³-hybridized carbons (Fsp3) is 0.952. The molecule has 25 heavy (non-hydrogen) atoms. The van der Waals surface area contributed by atoms with Crippen LogP contribution in [0.25, 0.3) is 0 Å². The Balaban J connectivity index is 4.21. The summed E-state index contributed by atoms with van der Waals surface area (Å²) in [4.78, 5) is 12.5. The van der Waals surface area contributed by atoms with Gasteiger partial charge >= 0.3 is 0 Å². The van der Waals surface area contributed by atoms with Crippen molar-refractivity contribution in [3.8, 4) is 0 Å². The van der Waals surface area contributed by atoms with Gasteiger partial charge in [0.25, 0.3) is 0 Å². The molecule has 0 aromatic rings. The van der Waals surface area contributed by atoms with E-state index in [4.69, 9.17) is 9.47 Å². The number of nitrogens with one attached hydrogen (secondary N) is 1. The summed E-state index contributed by atoms with van der Waals surface area (Å²) in [6.07, 6.45) is 3.18. The molecule has 0 aromatic carbocycles. The van der Waals surface area contributed by atoms with Crippen LogP contribution in [0.2, 0.25) is 0 Å². The molecule has 0 bridgehead atoms. The summed E-state index contributed by atoms with van der Waals surface area (Å²) in [5, 5.41) is 3.04. The molecule has 4 heteroatoms. The molecule has 0 heterocycles. The van der Waals surface area contributed by atoms with Crippen LogP contribution >= 0.6 is 0 Å². The molecule has 0 spiro atoms. The lowest BCUT2D eigenvalue weighted by molar-refractivity contribution is -0.134. The number of hydrogen-bond acceptors (Lipinski definition) is 3. The Morgan fingerprint density at radius 3 is 2.20 bits per heavy atom. The highest BCUT2D eigenvalue weighted by atomic mass is 16.5. The van der Waals surface area contributed by atoms with E-state index in [1.807, 2.05) is 13.8 Å². The highest BCUT2D eigenvalue weighted by Crippen LogP contribution is 2.20. The highest BCUT2D eigenvalue weighted by Gasteiger charge is 2.29. The first-order chi connectivity index (χ1) is 11.4. The van der Waals surface area contributed by atoms with Gasteiger partial charge in [0.15, 0.2) is 0 Å². The fourth-order valence-corrected chi connectivity index (χ4v) is 2.40.